The number of azo groups is 1. The zero-order chi connectivity index (χ0) is 17.9. The molecule has 3 heterocycles. The summed E-state index contributed by atoms with van der Waals surface area (Å²) in [5.41, 5.74) is 8.08. The van der Waals surface area contributed by atoms with Crippen LogP contribution in [0.15, 0.2) is 10.2 Å². The molecule has 1 saturated heterocycles. The number of hydrogen-bond donors (Lipinski definition) is 3. The predicted octanol–water partition coefficient (Wildman–Crippen LogP) is 3.13. The molecule has 0 atom stereocenters. The SMILES string of the molecule is Cc1nsc(N=Nc2c(C3CCCCC3)nn(C3NCCCN3)c2N)n1. The zero-order valence-electron chi connectivity index (χ0n) is 15.0. The van der Waals surface area contributed by atoms with E-state index in [0.29, 0.717) is 28.4 Å². The van der Waals surface area contributed by atoms with Crippen LogP contribution in [0.2, 0.25) is 0 Å². The number of aryl methyl sites for hydroxylation is 1. The Hall–Kier alpha value is -1.91. The first kappa shape index (κ1) is 17.5. The van der Waals surface area contributed by atoms with E-state index in [1.807, 2.05) is 11.6 Å². The molecule has 10 heteroatoms. The van der Waals surface area contributed by atoms with Gasteiger partial charge in [-0.05, 0) is 39.3 Å². The molecule has 4 N–H and O–H groups in total. The lowest BCUT2D eigenvalue weighted by Crippen LogP contribution is -2.45. The molecule has 1 aliphatic heterocycles. The molecular weight excluding hydrogens is 350 g/mol. The number of nitrogen functional groups attached to an aromatic ring is 1. The van der Waals surface area contributed by atoms with Crippen LogP contribution in [0.5, 0.6) is 0 Å². The summed E-state index contributed by atoms with van der Waals surface area (Å²) in [5.74, 6) is 1.64. The number of rotatable bonds is 4. The second-order valence-corrected chi connectivity index (χ2v) is 7.62. The van der Waals surface area contributed by atoms with Crippen LogP contribution in [0.3, 0.4) is 0 Å². The highest BCUT2D eigenvalue weighted by atomic mass is 32.1. The summed E-state index contributed by atoms with van der Waals surface area (Å²) in [4.78, 5) is 4.25. The van der Waals surface area contributed by atoms with Gasteiger partial charge >= 0.3 is 0 Å². The molecule has 2 aliphatic rings. The minimum Gasteiger partial charge on any atom is -0.382 e. The molecule has 140 valence electrons. The van der Waals surface area contributed by atoms with Crippen LogP contribution in [-0.2, 0) is 0 Å². The number of nitrogens with zero attached hydrogens (tertiary/aromatic N) is 6. The molecule has 0 radical (unpaired) electrons. The summed E-state index contributed by atoms with van der Waals surface area (Å²) < 4.78 is 5.97. The van der Waals surface area contributed by atoms with Crippen molar-refractivity contribution in [3.63, 3.8) is 0 Å². The third kappa shape index (κ3) is 3.62. The normalized spacial score (nSPS) is 20.2. The first-order chi connectivity index (χ1) is 12.7. The largest absolute Gasteiger partial charge is 0.382 e. The van der Waals surface area contributed by atoms with Crippen molar-refractivity contribution in [1.29, 1.82) is 0 Å². The number of anilines is 1. The van der Waals surface area contributed by atoms with Crippen molar-refractivity contribution < 1.29 is 0 Å². The maximum Gasteiger partial charge on any atom is 0.249 e. The predicted molar refractivity (Wildman–Crippen MR) is 101 cm³/mol. The Labute approximate surface area is 156 Å². The molecule has 4 rings (SSSR count). The molecular formula is C16H25N9S. The monoisotopic (exact) mass is 375 g/mol. The molecule has 0 spiro atoms. The zero-order valence-corrected chi connectivity index (χ0v) is 15.8. The Morgan fingerprint density at radius 2 is 1.88 bits per heavy atom. The van der Waals surface area contributed by atoms with E-state index >= 15 is 0 Å². The van der Waals surface area contributed by atoms with Crippen molar-refractivity contribution in [2.45, 2.75) is 57.7 Å². The van der Waals surface area contributed by atoms with Gasteiger partial charge in [-0.15, -0.1) is 10.2 Å². The molecule has 0 unspecified atom stereocenters. The van der Waals surface area contributed by atoms with Gasteiger partial charge in [0.15, 0.2) is 17.8 Å². The third-order valence-electron chi connectivity index (χ3n) is 4.97. The molecule has 0 amide bonds. The van der Waals surface area contributed by atoms with Crippen molar-refractivity contribution in [2.75, 3.05) is 18.8 Å². The van der Waals surface area contributed by atoms with E-state index in [2.05, 4.69) is 30.2 Å². The second kappa shape index (κ2) is 7.77. The van der Waals surface area contributed by atoms with Crippen LogP contribution in [0.1, 0.15) is 62.3 Å². The Morgan fingerprint density at radius 3 is 2.58 bits per heavy atom. The van der Waals surface area contributed by atoms with Gasteiger partial charge in [0.05, 0.1) is 5.69 Å². The van der Waals surface area contributed by atoms with Crippen LogP contribution in [0, 0.1) is 6.92 Å². The van der Waals surface area contributed by atoms with Gasteiger partial charge in [-0.3, -0.25) is 10.6 Å². The lowest BCUT2D eigenvalue weighted by atomic mass is 9.86. The van der Waals surface area contributed by atoms with E-state index in [1.165, 1.54) is 30.8 Å². The highest BCUT2D eigenvalue weighted by Crippen LogP contribution is 2.41. The first-order valence-corrected chi connectivity index (χ1v) is 10.1. The van der Waals surface area contributed by atoms with E-state index in [1.54, 1.807) is 0 Å². The Morgan fingerprint density at radius 1 is 1.12 bits per heavy atom. The molecule has 2 aromatic rings. The number of hydrogen-bond acceptors (Lipinski definition) is 9. The van der Waals surface area contributed by atoms with Crippen molar-refractivity contribution in [3.8, 4) is 0 Å². The molecule has 0 bridgehead atoms. The molecule has 2 fully saturated rings. The second-order valence-electron chi connectivity index (χ2n) is 6.89. The van der Waals surface area contributed by atoms with Gasteiger partial charge in [-0.1, -0.05) is 19.3 Å². The van der Waals surface area contributed by atoms with Crippen molar-refractivity contribution in [2.24, 2.45) is 10.2 Å². The summed E-state index contributed by atoms with van der Waals surface area (Å²) in [6.45, 7) is 3.73. The lowest BCUT2D eigenvalue weighted by Gasteiger charge is -2.26. The van der Waals surface area contributed by atoms with Crippen LogP contribution in [-0.4, -0.2) is 32.2 Å². The third-order valence-corrected chi connectivity index (χ3v) is 5.66. The minimum atomic E-state index is -0.0983. The molecule has 26 heavy (non-hydrogen) atoms. The summed E-state index contributed by atoms with van der Waals surface area (Å²) in [7, 11) is 0. The molecule has 2 aromatic heterocycles. The fraction of sp³-hybridized carbons (Fsp3) is 0.688. The van der Waals surface area contributed by atoms with Crippen molar-refractivity contribution in [1.82, 2.24) is 29.8 Å². The van der Waals surface area contributed by atoms with Crippen LogP contribution in [0.4, 0.5) is 16.6 Å². The Balaban J connectivity index is 1.68. The van der Waals surface area contributed by atoms with Crippen molar-refractivity contribution >= 4 is 28.2 Å². The average molecular weight is 376 g/mol. The van der Waals surface area contributed by atoms with Gasteiger partial charge in [-0.25, -0.2) is 9.67 Å². The standard InChI is InChI=1S/C16H25N9S/c1-10-20-16(26-24-10)22-21-13-12(11-6-3-2-4-7-11)23-25(14(13)17)15-18-8-5-9-19-15/h11,15,18-19H,2-9,17H2,1H3. The minimum absolute atomic E-state index is 0.0983. The first-order valence-electron chi connectivity index (χ1n) is 9.29. The summed E-state index contributed by atoms with van der Waals surface area (Å²) >= 11 is 1.24. The number of nitrogens with two attached hydrogens (primary N) is 1. The van der Waals surface area contributed by atoms with E-state index in [0.717, 1.165) is 38.0 Å². The topological polar surface area (TPSA) is 118 Å². The molecule has 1 saturated carbocycles. The van der Waals surface area contributed by atoms with Gasteiger partial charge in [0.1, 0.15) is 5.82 Å². The molecule has 9 nitrogen and oxygen atoms in total. The van der Waals surface area contributed by atoms with Gasteiger partial charge < -0.3 is 5.73 Å². The number of nitrogens with one attached hydrogen (secondary N) is 2. The summed E-state index contributed by atoms with van der Waals surface area (Å²) in [6, 6.07) is 0. The van der Waals surface area contributed by atoms with E-state index in [4.69, 9.17) is 10.8 Å². The maximum atomic E-state index is 6.45. The summed E-state index contributed by atoms with van der Waals surface area (Å²) in [6.07, 6.45) is 6.99. The Kier molecular flexibility index (Phi) is 5.23. The van der Waals surface area contributed by atoms with Gasteiger partial charge in [0.25, 0.3) is 0 Å². The fourth-order valence-corrected chi connectivity index (χ4v) is 4.14. The van der Waals surface area contributed by atoms with E-state index in [-0.39, 0.29) is 6.29 Å². The quantitative estimate of drug-likeness (QED) is 0.707. The highest BCUT2D eigenvalue weighted by Gasteiger charge is 2.28. The lowest BCUT2D eigenvalue weighted by molar-refractivity contribution is 0.268. The summed E-state index contributed by atoms with van der Waals surface area (Å²) in [5, 5.41) is 20.9. The fourth-order valence-electron chi connectivity index (χ4n) is 3.64. The van der Waals surface area contributed by atoms with Crippen LogP contribution >= 0.6 is 11.5 Å². The smallest absolute Gasteiger partial charge is 0.249 e. The van der Waals surface area contributed by atoms with Crippen molar-refractivity contribution in [3.05, 3.63) is 11.5 Å². The van der Waals surface area contributed by atoms with Gasteiger partial charge in [0.2, 0.25) is 5.13 Å². The number of aromatic nitrogens is 4. The molecule has 1 aliphatic carbocycles. The van der Waals surface area contributed by atoms with Crippen LogP contribution < -0.4 is 16.4 Å². The Bertz CT molecular complexity index is 769. The molecule has 0 aromatic carbocycles. The average Bonchev–Trinajstić information content (AvgIpc) is 3.24. The van der Waals surface area contributed by atoms with E-state index < -0.39 is 0 Å². The van der Waals surface area contributed by atoms with E-state index in [9.17, 15) is 0 Å². The van der Waals surface area contributed by atoms with Gasteiger partial charge in [0, 0.05) is 17.5 Å². The maximum absolute atomic E-state index is 6.45. The highest BCUT2D eigenvalue weighted by molar-refractivity contribution is 7.09. The van der Waals surface area contributed by atoms with Crippen LogP contribution in [0.25, 0.3) is 0 Å². The van der Waals surface area contributed by atoms with Gasteiger partial charge in [-0.2, -0.15) is 9.47 Å².